The van der Waals surface area contributed by atoms with Gasteiger partial charge in [0.25, 0.3) is 0 Å². The lowest BCUT2D eigenvalue weighted by atomic mass is 10.0. The molecule has 1 atom stereocenters. The van der Waals surface area contributed by atoms with E-state index >= 15 is 0 Å². The van der Waals surface area contributed by atoms with Gasteiger partial charge >= 0.3 is 0 Å². The fourth-order valence-corrected chi connectivity index (χ4v) is 5.71. The minimum Gasteiger partial charge on any atom is -0.341 e. The Kier molecular flexibility index (Phi) is 49.7. The third-order valence-electron chi connectivity index (χ3n) is 8.60. The Labute approximate surface area is 294 Å². The van der Waals surface area contributed by atoms with E-state index in [9.17, 15) is 4.79 Å². The van der Waals surface area contributed by atoms with E-state index in [4.69, 9.17) is 11.5 Å². The molecule has 0 aromatic rings. The van der Waals surface area contributed by atoms with Gasteiger partial charge in [-0.3, -0.25) is 4.79 Å². The average Bonchev–Trinajstić information content (AvgIpc) is 2.99. The number of amides is 1. The zero-order valence-electron chi connectivity index (χ0n) is 29.4. The van der Waals surface area contributed by atoms with Crippen LogP contribution in [0.3, 0.4) is 0 Å². The number of allylic oxidation sites excluding steroid dienone is 2. The molecule has 0 aliphatic heterocycles. The summed E-state index contributed by atoms with van der Waals surface area (Å²) in [5.74, 6) is 0.0509. The van der Waals surface area contributed by atoms with Gasteiger partial charge in [-0.1, -0.05) is 167 Å². The van der Waals surface area contributed by atoms with Crippen molar-refractivity contribution < 1.29 is 4.79 Å². The molecule has 7 heteroatoms. The molecule has 0 heterocycles. The smallest absolute Gasteiger partial charge is 0.240 e. The fraction of sp³-hybridized carbons (Fsp3) is 0.919. The average molecular weight is 687 g/mol. The minimum absolute atomic E-state index is 0. The van der Waals surface area contributed by atoms with E-state index in [1.54, 1.807) is 0 Å². The van der Waals surface area contributed by atoms with Gasteiger partial charge in [0.1, 0.15) is 0 Å². The second kappa shape index (κ2) is 43.0. The molecule has 4 N–H and O–H groups in total. The van der Waals surface area contributed by atoms with Crippen molar-refractivity contribution in [2.24, 2.45) is 11.5 Å². The molecule has 0 saturated heterocycles. The molecular formula is C37H78Cl3N3O. The van der Waals surface area contributed by atoms with Gasteiger partial charge in [0.05, 0.1) is 6.04 Å². The first-order valence-corrected chi connectivity index (χ1v) is 18.6. The van der Waals surface area contributed by atoms with Gasteiger partial charge in [0, 0.05) is 19.6 Å². The van der Waals surface area contributed by atoms with Crippen molar-refractivity contribution in [1.29, 1.82) is 0 Å². The molecule has 0 aliphatic carbocycles. The number of nitrogens with two attached hydrogens (primary N) is 2. The quantitative estimate of drug-likeness (QED) is 0.0533. The maximum absolute atomic E-state index is 12.7. The van der Waals surface area contributed by atoms with Gasteiger partial charge in [-0.2, -0.15) is 0 Å². The molecule has 0 bridgehead atoms. The highest BCUT2D eigenvalue weighted by Crippen LogP contribution is 2.14. The van der Waals surface area contributed by atoms with E-state index < -0.39 is 6.04 Å². The third kappa shape index (κ3) is 36.5. The number of carbonyl (C=O) groups excluding carboxylic acids is 1. The Morgan fingerprint density at radius 2 is 0.773 bits per heavy atom. The van der Waals surface area contributed by atoms with E-state index in [2.05, 4.69) is 26.0 Å². The number of halogens is 3. The van der Waals surface area contributed by atoms with E-state index in [1.807, 2.05) is 4.90 Å². The van der Waals surface area contributed by atoms with E-state index in [0.717, 1.165) is 25.9 Å². The van der Waals surface area contributed by atoms with Crippen LogP contribution < -0.4 is 11.5 Å². The molecule has 1 amide bonds. The molecule has 0 aliphatic rings. The Balaban J connectivity index is -0.00000267. The predicted octanol–water partition coefficient (Wildman–Crippen LogP) is 11.9. The van der Waals surface area contributed by atoms with Crippen LogP contribution in [-0.2, 0) is 4.79 Å². The van der Waals surface area contributed by atoms with Crippen LogP contribution in [0.25, 0.3) is 0 Å². The number of hydrogen-bond acceptors (Lipinski definition) is 3. The SMILES string of the molecule is CCCCCCCC/C=C\CCCCCCCCN(CCCCCCCCCCCCCCCC)C(=O)C(N)CN.Cl.Cl.Cl. The summed E-state index contributed by atoms with van der Waals surface area (Å²) in [6, 6.07) is -0.546. The Bertz CT molecular complexity index is 566. The summed E-state index contributed by atoms with van der Waals surface area (Å²) in [5, 5.41) is 0. The summed E-state index contributed by atoms with van der Waals surface area (Å²) < 4.78 is 0. The molecule has 0 spiro atoms. The van der Waals surface area contributed by atoms with Crippen molar-refractivity contribution >= 4 is 43.1 Å². The summed E-state index contributed by atoms with van der Waals surface area (Å²) in [4.78, 5) is 14.8. The first-order valence-electron chi connectivity index (χ1n) is 18.6. The molecule has 0 aromatic heterocycles. The highest BCUT2D eigenvalue weighted by molar-refractivity contribution is 5.86. The number of rotatable bonds is 33. The van der Waals surface area contributed by atoms with Crippen LogP contribution in [0.1, 0.15) is 194 Å². The summed E-state index contributed by atoms with van der Waals surface area (Å²) in [6.07, 6.45) is 42.0. The highest BCUT2D eigenvalue weighted by atomic mass is 35.5. The molecule has 0 radical (unpaired) electrons. The van der Waals surface area contributed by atoms with Crippen molar-refractivity contribution in [3.05, 3.63) is 12.2 Å². The molecule has 0 aromatic carbocycles. The van der Waals surface area contributed by atoms with Crippen molar-refractivity contribution in [2.75, 3.05) is 19.6 Å². The Morgan fingerprint density at radius 3 is 1.07 bits per heavy atom. The van der Waals surface area contributed by atoms with Crippen LogP contribution in [0.4, 0.5) is 0 Å². The van der Waals surface area contributed by atoms with Crippen LogP contribution in [0.2, 0.25) is 0 Å². The lowest BCUT2D eigenvalue weighted by Gasteiger charge is -2.25. The molecule has 44 heavy (non-hydrogen) atoms. The maximum Gasteiger partial charge on any atom is 0.240 e. The van der Waals surface area contributed by atoms with Gasteiger partial charge in [-0.25, -0.2) is 0 Å². The first-order chi connectivity index (χ1) is 20.2. The number of hydrogen-bond donors (Lipinski definition) is 2. The predicted molar refractivity (Wildman–Crippen MR) is 205 cm³/mol. The van der Waals surface area contributed by atoms with Crippen molar-refractivity contribution in [2.45, 2.75) is 200 Å². The van der Waals surface area contributed by atoms with Crippen LogP contribution in [0.15, 0.2) is 12.2 Å². The lowest BCUT2D eigenvalue weighted by molar-refractivity contribution is -0.132. The van der Waals surface area contributed by atoms with E-state index in [-0.39, 0.29) is 49.7 Å². The van der Waals surface area contributed by atoms with Gasteiger partial charge in [-0.05, 0) is 38.5 Å². The standard InChI is InChI=1S/C37H75N3O.3ClH/c1-3-5-7-9-11-13-15-17-19-20-22-24-26-28-30-32-34-40(37(41)36(39)35-38)33-31-29-27-25-23-21-18-16-14-12-10-8-6-4-2;;;/h17,19,36H,3-16,18,20-35,38-39H2,1-2H3;3*1H/b19-17-;;;. The van der Waals surface area contributed by atoms with Gasteiger partial charge in [0.15, 0.2) is 0 Å². The third-order valence-corrected chi connectivity index (χ3v) is 8.60. The fourth-order valence-electron chi connectivity index (χ4n) is 5.71. The second-order valence-corrected chi connectivity index (χ2v) is 12.7. The number of unbranched alkanes of at least 4 members (excludes halogenated alkanes) is 25. The topological polar surface area (TPSA) is 72.3 Å². The summed E-state index contributed by atoms with van der Waals surface area (Å²) >= 11 is 0. The highest BCUT2D eigenvalue weighted by Gasteiger charge is 2.19. The molecule has 0 rings (SSSR count). The molecular weight excluding hydrogens is 609 g/mol. The lowest BCUT2D eigenvalue weighted by Crippen LogP contribution is -2.48. The van der Waals surface area contributed by atoms with Crippen molar-refractivity contribution in [3.8, 4) is 0 Å². The van der Waals surface area contributed by atoms with Crippen LogP contribution in [0, 0.1) is 0 Å². The maximum atomic E-state index is 12.7. The Morgan fingerprint density at radius 1 is 0.500 bits per heavy atom. The largest absolute Gasteiger partial charge is 0.341 e. The zero-order chi connectivity index (χ0) is 30.1. The first kappa shape index (κ1) is 50.8. The van der Waals surface area contributed by atoms with Crippen molar-refractivity contribution in [1.82, 2.24) is 4.90 Å². The van der Waals surface area contributed by atoms with Crippen LogP contribution >= 0.6 is 37.2 Å². The van der Waals surface area contributed by atoms with Crippen LogP contribution in [-0.4, -0.2) is 36.5 Å². The molecule has 268 valence electrons. The van der Waals surface area contributed by atoms with Crippen LogP contribution in [0.5, 0.6) is 0 Å². The van der Waals surface area contributed by atoms with Gasteiger partial charge in [-0.15, -0.1) is 37.2 Å². The normalized spacial score (nSPS) is 11.5. The second-order valence-electron chi connectivity index (χ2n) is 12.7. The molecule has 4 nitrogen and oxygen atoms in total. The van der Waals surface area contributed by atoms with Gasteiger partial charge in [0.2, 0.25) is 5.91 Å². The van der Waals surface area contributed by atoms with E-state index in [0.29, 0.717) is 0 Å². The van der Waals surface area contributed by atoms with Gasteiger partial charge < -0.3 is 16.4 Å². The molecule has 0 fully saturated rings. The van der Waals surface area contributed by atoms with E-state index in [1.165, 1.54) is 167 Å². The zero-order valence-corrected chi connectivity index (χ0v) is 31.8. The molecule has 0 saturated carbocycles. The molecule has 1 unspecified atom stereocenters. The number of nitrogens with zero attached hydrogens (tertiary/aromatic N) is 1. The minimum atomic E-state index is -0.546. The summed E-state index contributed by atoms with van der Waals surface area (Å²) in [5.41, 5.74) is 11.7. The van der Waals surface area contributed by atoms with Crippen molar-refractivity contribution in [3.63, 3.8) is 0 Å². The monoisotopic (exact) mass is 686 g/mol. The summed E-state index contributed by atoms with van der Waals surface area (Å²) in [6.45, 7) is 6.49. The Hall–Kier alpha value is -0.000000000000000111. The number of carbonyl (C=O) groups is 1. The summed E-state index contributed by atoms with van der Waals surface area (Å²) in [7, 11) is 0.